The normalized spacial score (nSPS) is 22.4. The zero-order valence-corrected chi connectivity index (χ0v) is 14.5. The van der Waals surface area contributed by atoms with Crippen LogP contribution in [0.5, 0.6) is 0 Å². The molecule has 0 spiro atoms. The van der Waals surface area contributed by atoms with Crippen LogP contribution in [0.25, 0.3) is 0 Å². The molecule has 0 bridgehead atoms. The van der Waals surface area contributed by atoms with E-state index in [1.807, 2.05) is 12.3 Å². The molecule has 25 heavy (non-hydrogen) atoms. The standard InChI is InChI=1S/C20H26N4O/c25-20(16-8-4-5-9-16)24-13-10-17(14-24)23-18(19-21-11-12-22-19)15-6-2-1-3-7-15/h1-3,6-7,11-12,16-18,23H,4-5,8-10,13-14H2,(H,21,22)/t17-,18+/m0/s1. The van der Waals surface area contributed by atoms with Crippen LogP contribution in [-0.2, 0) is 4.79 Å². The Kier molecular flexibility index (Phi) is 4.83. The van der Waals surface area contributed by atoms with Crippen LogP contribution in [0.15, 0.2) is 42.7 Å². The van der Waals surface area contributed by atoms with E-state index in [-0.39, 0.29) is 12.0 Å². The number of rotatable bonds is 5. The monoisotopic (exact) mass is 338 g/mol. The Morgan fingerprint density at radius 1 is 1.20 bits per heavy atom. The third-order valence-electron chi connectivity index (χ3n) is 5.53. The lowest BCUT2D eigenvalue weighted by Crippen LogP contribution is -2.39. The van der Waals surface area contributed by atoms with Crippen LogP contribution in [-0.4, -0.2) is 39.9 Å². The highest BCUT2D eigenvalue weighted by Gasteiger charge is 2.33. The van der Waals surface area contributed by atoms with Crippen molar-refractivity contribution in [2.24, 2.45) is 5.92 Å². The molecule has 2 atom stereocenters. The van der Waals surface area contributed by atoms with Gasteiger partial charge in [0.05, 0.1) is 6.04 Å². The molecule has 5 heteroatoms. The van der Waals surface area contributed by atoms with Gasteiger partial charge in [0.1, 0.15) is 5.82 Å². The number of amides is 1. The van der Waals surface area contributed by atoms with E-state index in [2.05, 4.69) is 44.5 Å². The highest BCUT2D eigenvalue weighted by Crippen LogP contribution is 2.28. The van der Waals surface area contributed by atoms with Gasteiger partial charge in [-0.3, -0.25) is 10.1 Å². The molecule has 1 aliphatic carbocycles. The van der Waals surface area contributed by atoms with Crippen molar-refractivity contribution < 1.29 is 4.79 Å². The Hall–Kier alpha value is -2.14. The summed E-state index contributed by atoms with van der Waals surface area (Å²) in [7, 11) is 0. The zero-order chi connectivity index (χ0) is 17.1. The lowest BCUT2D eigenvalue weighted by Gasteiger charge is -2.24. The number of aromatic nitrogens is 2. The summed E-state index contributed by atoms with van der Waals surface area (Å²) in [6.45, 7) is 1.67. The van der Waals surface area contributed by atoms with E-state index >= 15 is 0 Å². The minimum atomic E-state index is 0.0303. The maximum Gasteiger partial charge on any atom is 0.225 e. The number of likely N-dealkylation sites (tertiary alicyclic amines) is 1. The van der Waals surface area contributed by atoms with Crippen LogP contribution < -0.4 is 5.32 Å². The fourth-order valence-corrected chi connectivity index (χ4v) is 4.18. The Morgan fingerprint density at radius 3 is 2.72 bits per heavy atom. The van der Waals surface area contributed by atoms with Gasteiger partial charge in [-0.05, 0) is 24.8 Å². The smallest absolute Gasteiger partial charge is 0.225 e. The quantitative estimate of drug-likeness (QED) is 0.881. The number of hydrogen-bond donors (Lipinski definition) is 2. The molecule has 2 N–H and O–H groups in total. The summed E-state index contributed by atoms with van der Waals surface area (Å²) in [4.78, 5) is 22.4. The zero-order valence-electron chi connectivity index (χ0n) is 14.5. The second-order valence-electron chi connectivity index (χ2n) is 7.24. The van der Waals surface area contributed by atoms with Gasteiger partial charge in [0.25, 0.3) is 0 Å². The van der Waals surface area contributed by atoms with E-state index in [1.54, 1.807) is 6.20 Å². The highest BCUT2D eigenvalue weighted by atomic mass is 16.2. The van der Waals surface area contributed by atoms with Crippen molar-refractivity contribution in [1.82, 2.24) is 20.2 Å². The maximum absolute atomic E-state index is 12.7. The first kappa shape index (κ1) is 16.3. The predicted molar refractivity (Wildman–Crippen MR) is 97.0 cm³/mol. The molecule has 0 unspecified atom stereocenters. The largest absolute Gasteiger partial charge is 0.347 e. The fraction of sp³-hybridized carbons (Fsp3) is 0.500. The number of nitrogens with one attached hydrogen (secondary N) is 2. The lowest BCUT2D eigenvalue weighted by molar-refractivity contribution is -0.134. The van der Waals surface area contributed by atoms with E-state index in [4.69, 9.17) is 0 Å². The van der Waals surface area contributed by atoms with Crippen molar-refractivity contribution in [1.29, 1.82) is 0 Å². The Balaban J connectivity index is 1.43. The number of hydrogen-bond acceptors (Lipinski definition) is 3. The molecule has 1 aliphatic heterocycles. The van der Waals surface area contributed by atoms with Crippen molar-refractivity contribution in [3.05, 3.63) is 54.1 Å². The molecule has 2 heterocycles. The van der Waals surface area contributed by atoms with Crippen molar-refractivity contribution in [3.63, 3.8) is 0 Å². The van der Waals surface area contributed by atoms with Gasteiger partial charge in [-0.25, -0.2) is 4.98 Å². The van der Waals surface area contributed by atoms with Crippen LogP contribution in [0.1, 0.15) is 49.5 Å². The molecular formula is C20H26N4O. The highest BCUT2D eigenvalue weighted by molar-refractivity contribution is 5.79. The second kappa shape index (κ2) is 7.40. The van der Waals surface area contributed by atoms with Crippen molar-refractivity contribution in [2.75, 3.05) is 13.1 Å². The first-order valence-corrected chi connectivity index (χ1v) is 9.40. The van der Waals surface area contributed by atoms with Gasteiger partial charge in [0.15, 0.2) is 0 Å². The van der Waals surface area contributed by atoms with E-state index in [0.29, 0.717) is 11.9 Å². The fourth-order valence-electron chi connectivity index (χ4n) is 4.18. The SMILES string of the molecule is O=C(C1CCCC1)N1CC[C@H](N[C@H](c2ccccc2)c2ncc[nH]2)C1. The van der Waals surface area contributed by atoms with Gasteiger partial charge in [-0.1, -0.05) is 43.2 Å². The van der Waals surface area contributed by atoms with Gasteiger partial charge in [-0.2, -0.15) is 0 Å². The average Bonchev–Trinajstić information content (AvgIpc) is 3.42. The molecule has 2 aromatic rings. The van der Waals surface area contributed by atoms with Crippen LogP contribution in [0.3, 0.4) is 0 Å². The number of H-pyrrole nitrogens is 1. The summed E-state index contributed by atoms with van der Waals surface area (Å²) in [5.41, 5.74) is 1.19. The molecule has 5 nitrogen and oxygen atoms in total. The molecule has 1 aromatic carbocycles. The first-order valence-electron chi connectivity index (χ1n) is 9.40. The number of benzene rings is 1. The number of carbonyl (C=O) groups is 1. The third-order valence-corrected chi connectivity index (χ3v) is 5.53. The van der Waals surface area contributed by atoms with Crippen molar-refractivity contribution in [2.45, 2.75) is 44.2 Å². The van der Waals surface area contributed by atoms with Gasteiger partial charge in [0.2, 0.25) is 5.91 Å². The van der Waals surface area contributed by atoms with E-state index in [9.17, 15) is 4.79 Å². The summed E-state index contributed by atoms with van der Waals surface area (Å²) >= 11 is 0. The first-order chi connectivity index (χ1) is 12.3. The van der Waals surface area contributed by atoms with E-state index in [1.165, 1.54) is 18.4 Å². The van der Waals surface area contributed by atoms with Crippen LogP contribution in [0.4, 0.5) is 0 Å². The predicted octanol–water partition coefficient (Wildman–Crippen LogP) is 2.88. The number of nitrogens with zero attached hydrogens (tertiary/aromatic N) is 2. The minimum Gasteiger partial charge on any atom is -0.347 e. The molecule has 1 aromatic heterocycles. The maximum atomic E-state index is 12.7. The molecule has 2 aliphatic rings. The Bertz CT molecular complexity index is 679. The van der Waals surface area contributed by atoms with Gasteiger partial charge in [0, 0.05) is 37.4 Å². The summed E-state index contributed by atoms with van der Waals surface area (Å²) in [5.74, 6) is 1.57. The minimum absolute atomic E-state index is 0.0303. The Labute approximate surface area is 148 Å². The average molecular weight is 338 g/mol. The summed E-state index contributed by atoms with van der Waals surface area (Å²) in [5, 5.41) is 3.72. The summed E-state index contributed by atoms with van der Waals surface area (Å²) in [6, 6.07) is 10.7. The number of imidazole rings is 1. The third kappa shape index (κ3) is 3.61. The van der Waals surface area contributed by atoms with Crippen molar-refractivity contribution in [3.8, 4) is 0 Å². The summed E-state index contributed by atoms with van der Waals surface area (Å²) in [6.07, 6.45) is 9.22. The number of aromatic amines is 1. The molecule has 1 amide bonds. The second-order valence-corrected chi connectivity index (χ2v) is 7.24. The van der Waals surface area contributed by atoms with Crippen LogP contribution in [0.2, 0.25) is 0 Å². The topological polar surface area (TPSA) is 61.0 Å². The molecule has 132 valence electrons. The van der Waals surface area contributed by atoms with E-state index in [0.717, 1.165) is 38.2 Å². The lowest BCUT2D eigenvalue weighted by atomic mass is 10.0. The Morgan fingerprint density at radius 2 is 2.00 bits per heavy atom. The van der Waals surface area contributed by atoms with Crippen LogP contribution in [0, 0.1) is 5.92 Å². The molecule has 1 saturated carbocycles. The molecule has 1 saturated heterocycles. The van der Waals surface area contributed by atoms with Crippen LogP contribution >= 0.6 is 0 Å². The molecule has 0 radical (unpaired) electrons. The van der Waals surface area contributed by atoms with E-state index < -0.39 is 0 Å². The van der Waals surface area contributed by atoms with Gasteiger partial charge < -0.3 is 9.88 Å². The van der Waals surface area contributed by atoms with Crippen molar-refractivity contribution >= 4 is 5.91 Å². The summed E-state index contributed by atoms with van der Waals surface area (Å²) < 4.78 is 0. The molecular weight excluding hydrogens is 312 g/mol. The number of carbonyl (C=O) groups excluding carboxylic acids is 1. The van der Waals surface area contributed by atoms with Gasteiger partial charge in [-0.15, -0.1) is 0 Å². The molecule has 4 rings (SSSR count). The molecule has 2 fully saturated rings. The van der Waals surface area contributed by atoms with Gasteiger partial charge >= 0.3 is 0 Å².